The van der Waals surface area contributed by atoms with Crippen molar-refractivity contribution in [2.24, 2.45) is 0 Å². The van der Waals surface area contributed by atoms with Crippen LogP contribution in [0.25, 0.3) is 0 Å². The average molecular weight is 377 g/mol. The average Bonchev–Trinajstić information content (AvgIpc) is 2.78. The largest absolute Gasteiger partial charge is 0.495 e. The molecule has 2 N–H and O–H groups in total. The van der Waals surface area contributed by atoms with Crippen molar-refractivity contribution in [1.29, 1.82) is 0 Å². The molecular weight excluding hydrogens is 352 g/mol. The predicted octanol–water partition coefficient (Wildman–Crippen LogP) is 0.449. The lowest BCUT2D eigenvalue weighted by Gasteiger charge is -2.24. The number of hydrogen-bond donors (Lipinski definition) is 2. The van der Waals surface area contributed by atoms with Crippen molar-refractivity contribution < 1.29 is 21.6 Å². The molecule has 1 aromatic rings. The fourth-order valence-electron chi connectivity index (χ4n) is 2.77. The van der Waals surface area contributed by atoms with Crippen molar-refractivity contribution in [2.75, 3.05) is 31.7 Å². The highest BCUT2D eigenvalue weighted by molar-refractivity contribution is 7.91. The first-order chi connectivity index (χ1) is 11.1. The van der Waals surface area contributed by atoms with E-state index in [0.717, 1.165) is 5.56 Å². The maximum Gasteiger partial charge on any atom is 0.244 e. The van der Waals surface area contributed by atoms with Crippen LogP contribution in [0.15, 0.2) is 23.1 Å². The highest BCUT2D eigenvalue weighted by atomic mass is 32.2. The number of benzene rings is 1. The molecule has 1 aliphatic heterocycles. The van der Waals surface area contributed by atoms with Gasteiger partial charge in [0.05, 0.1) is 18.6 Å². The maximum atomic E-state index is 12.4. The topological polar surface area (TPSA) is 102 Å². The fourth-order valence-corrected chi connectivity index (χ4v) is 6.18. The minimum Gasteiger partial charge on any atom is -0.495 e. The summed E-state index contributed by atoms with van der Waals surface area (Å²) in [5.74, 6) is 0.538. The van der Waals surface area contributed by atoms with Crippen LogP contribution in [0.4, 0.5) is 0 Å². The van der Waals surface area contributed by atoms with Crippen LogP contribution < -0.4 is 14.8 Å². The third kappa shape index (κ3) is 4.69. The molecular formula is C15H24N2O5S2. The van der Waals surface area contributed by atoms with Crippen molar-refractivity contribution >= 4 is 19.9 Å². The Hall–Kier alpha value is -1.16. The van der Waals surface area contributed by atoms with E-state index < -0.39 is 25.4 Å². The van der Waals surface area contributed by atoms with Gasteiger partial charge in [-0.3, -0.25) is 0 Å². The summed E-state index contributed by atoms with van der Waals surface area (Å²) in [4.78, 5) is 0.0969. The van der Waals surface area contributed by atoms with Crippen molar-refractivity contribution in [2.45, 2.75) is 30.7 Å². The second kappa shape index (κ2) is 6.99. The van der Waals surface area contributed by atoms with E-state index in [1.807, 2.05) is 6.92 Å². The van der Waals surface area contributed by atoms with E-state index >= 15 is 0 Å². The number of aryl methyl sites for hydroxylation is 1. The van der Waals surface area contributed by atoms with Crippen LogP contribution in [0.1, 0.15) is 18.9 Å². The number of ether oxygens (including phenoxy) is 1. The van der Waals surface area contributed by atoms with Crippen LogP contribution in [0.3, 0.4) is 0 Å². The molecule has 1 saturated heterocycles. The highest BCUT2D eigenvalue weighted by Gasteiger charge is 2.37. The van der Waals surface area contributed by atoms with E-state index in [2.05, 4.69) is 10.0 Å². The highest BCUT2D eigenvalue weighted by Crippen LogP contribution is 2.24. The van der Waals surface area contributed by atoms with Crippen LogP contribution in [-0.2, 0) is 19.9 Å². The number of nitrogens with one attached hydrogen (secondary N) is 2. The molecule has 0 spiro atoms. The Morgan fingerprint density at radius 2 is 2.00 bits per heavy atom. The summed E-state index contributed by atoms with van der Waals surface area (Å²) in [5, 5.41) is 3.14. The lowest BCUT2D eigenvalue weighted by atomic mass is 10.0. The summed E-state index contributed by atoms with van der Waals surface area (Å²) < 4.78 is 55.6. The summed E-state index contributed by atoms with van der Waals surface area (Å²) in [5.41, 5.74) is 0.323. The first kappa shape index (κ1) is 19.2. The van der Waals surface area contributed by atoms with Crippen LogP contribution >= 0.6 is 0 Å². The van der Waals surface area contributed by atoms with Gasteiger partial charge in [0.1, 0.15) is 10.6 Å². The zero-order valence-electron chi connectivity index (χ0n) is 14.1. The molecule has 1 fully saturated rings. The Labute approximate surface area is 143 Å². The van der Waals surface area contributed by atoms with Gasteiger partial charge in [-0.2, -0.15) is 0 Å². The van der Waals surface area contributed by atoms with Gasteiger partial charge in [-0.15, -0.1) is 0 Å². The monoisotopic (exact) mass is 376 g/mol. The Morgan fingerprint density at radius 1 is 1.29 bits per heavy atom. The molecule has 1 atom stereocenters. The van der Waals surface area contributed by atoms with Crippen LogP contribution in [0, 0.1) is 6.92 Å². The second-order valence-corrected chi connectivity index (χ2v) is 10.3. The molecule has 0 aromatic heterocycles. The summed E-state index contributed by atoms with van der Waals surface area (Å²) in [6.45, 7) is 4.16. The maximum absolute atomic E-state index is 12.4. The van der Waals surface area contributed by atoms with E-state index in [1.165, 1.54) is 7.11 Å². The van der Waals surface area contributed by atoms with Crippen LogP contribution in [0.5, 0.6) is 5.75 Å². The minimum atomic E-state index is -3.70. The van der Waals surface area contributed by atoms with Crippen molar-refractivity contribution in [3.8, 4) is 5.75 Å². The number of methoxy groups -OCH3 is 1. The third-order valence-corrected chi connectivity index (χ3v) is 7.47. The SMILES string of the molecule is COc1ccc(C)cc1S(=O)(=O)NCCN[C@@]1(C)CCS(=O)(=O)C1. The van der Waals surface area contributed by atoms with E-state index in [4.69, 9.17) is 4.74 Å². The van der Waals surface area contributed by atoms with E-state index in [0.29, 0.717) is 13.0 Å². The van der Waals surface area contributed by atoms with Crippen LogP contribution in [0.2, 0.25) is 0 Å². The van der Waals surface area contributed by atoms with E-state index in [-0.39, 0.29) is 28.7 Å². The Balaban J connectivity index is 1.96. The molecule has 1 heterocycles. The standard InChI is InChI=1S/C15H24N2O5S2/c1-12-4-5-13(22-3)14(10-12)24(20,21)17-8-7-16-15(2)6-9-23(18,19)11-15/h4-5,10,16-17H,6-9,11H2,1-3H3/t15-/m0/s1. The molecule has 24 heavy (non-hydrogen) atoms. The molecule has 0 radical (unpaired) electrons. The smallest absolute Gasteiger partial charge is 0.244 e. The number of hydrogen-bond acceptors (Lipinski definition) is 6. The molecule has 0 saturated carbocycles. The van der Waals surface area contributed by atoms with Gasteiger partial charge < -0.3 is 10.1 Å². The zero-order chi connectivity index (χ0) is 18.0. The molecule has 9 heteroatoms. The normalized spacial score (nSPS) is 23.3. The van der Waals surface area contributed by atoms with Gasteiger partial charge in [-0.05, 0) is 38.0 Å². The van der Waals surface area contributed by atoms with Crippen molar-refractivity contribution in [3.63, 3.8) is 0 Å². The molecule has 0 bridgehead atoms. The summed E-state index contributed by atoms with van der Waals surface area (Å²) >= 11 is 0. The lowest BCUT2D eigenvalue weighted by molar-refractivity contribution is 0.397. The first-order valence-corrected chi connectivity index (χ1v) is 11.0. The van der Waals surface area contributed by atoms with Gasteiger partial charge in [0, 0.05) is 18.6 Å². The number of sulfonamides is 1. The third-order valence-electron chi connectivity index (χ3n) is 4.08. The summed E-state index contributed by atoms with van der Waals surface area (Å²) in [7, 11) is -5.27. The Kier molecular flexibility index (Phi) is 5.58. The Morgan fingerprint density at radius 3 is 2.58 bits per heavy atom. The van der Waals surface area contributed by atoms with Crippen LogP contribution in [-0.4, -0.2) is 54.1 Å². The second-order valence-electron chi connectivity index (χ2n) is 6.38. The van der Waals surface area contributed by atoms with Gasteiger partial charge in [0.2, 0.25) is 10.0 Å². The number of sulfone groups is 1. The van der Waals surface area contributed by atoms with E-state index in [9.17, 15) is 16.8 Å². The van der Waals surface area contributed by atoms with E-state index in [1.54, 1.807) is 25.1 Å². The van der Waals surface area contributed by atoms with Gasteiger partial charge in [-0.1, -0.05) is 6.07 Å². The summed E-state index contributed by atoms with van der Waals surface area (Å²) in [6, 6.07) is 4.95. The van der Waals surface area contributed by atoms with Crippen molar-refractivity contribution in [1.82, 2.24) is 10.0 Å². The van der Waals surface area contributed by atoms with Gasteiger partial charge in [0.25, 0.3) is 0 Å². The Bertz CT molecular complexity index is 805. The van der Waals surface area contributed by atoms with Gasteiger partial charge in [0.15, 0.2) is 9.84 Å². The number of rotatable bonds is 7. The molecule has 1 aromatic carbocycles. The molecule has 0 unspecified atom stereocenters. The predicted molar refractivity (Wildman–Crippen MR) is 92.6 cm³/mol. The van der Waals surface area contributed by atoms with Gasteiger partial charge >= 0.3 is 0 Å². The van der Waals surface area contributed by atoms with Crippen molar-refractivity contribution in [3.05, 3.63) is 23.8 Å². The molecule has 136 valence electrons. The molecule has 1 aliphatic rings. The molecule has 2 rings (SSSR count). The quantitative estimate of drug-likeness (QED) is 0.670. The molecule has 7 nitrogen and oxygen atoms in total. The minimum absolute atomic E-state index is 0.0818. The zero-order valence-corrected chi connectivity index (χ0v) is 15.8. The summed E-state index contributed by atoms with van der Waals surface area (Å²) in [6.07, 6.45) is 0.536. The molecule has 0 aliphatic carbocycles. The molecule has 0 amide bonds. The lowest BCUT2D eigenvalue weighted by Crippen LogP contribution is -2.46. The first-order valence-electron chi connectivity index (χ1n) is 7.67. The fraction of sp³-hybridized carbons (Fsp3) is 0.600. The van der Waals surface area contributed by atoms with Gasteiger partial charge in [-0.25, -0.2) is 21.6 Å².